The summed E-state index contributed by atoms with van der Waals surface area (Å²) >= 11 is 0. The van der Waals surface area contributed by atoms with E-state index in [-0.39, 0.29) is 32.8 Å². The minimum absolute atomic E-state index is 0.0888. The number of carbonyl (C=O) groups excluding carboxylic acids is 1. The van der Waals surface area contributed by atoms with Gasteiger partial charge in [-0.1, -0.05) is 6.07 Å². The molecule has 118 valence electrons. The summed E-state index contributed by atoms with van der Waals surface area (Å²) in [5.41, 5.74) is 0.352. The predicted molar refractivity (Wildman–Crippen MR) is 85.9 cm³/mol. The summed E-state index contributed by atoms with van der Waals surface area (Å²) in [5.74, 6) is -1.85. The number of nitrogens with zero attached hydrogens (tertiary/aromatic N) is 2. The molecule has 0 amide bonds. The van der Waals surface area contributed by atoms with E-state index in [0.717, 1.165) is 6.07 Å². The third kappa shape index (κ3) is 2.28. The minimum atomic E-state index is -0.770. The van der Waals surface area contributed by atoms with Crippen LogP contribution < -0.4 is 4.48 Å². The van der Waals surface area contributed by atoms with E-state index in [0.29, 0.717) is 13.1 Å². The van der Waals surface area contributed by atoms with Crippen molar-refractivity contribution in [3.05, 3.63) is 59.9 Å². The molecule has 1 aromatic carbocycles. The number of hydrogen-bond acceptors (Lipinski definition) is 2. The first kappa shape index (κ1) is 15.5. The number of ketones is 1. The fourth-order valence-corrected chi connectivity index (χ4v) is 3.10. The Morgan fingerprint density at radius 1 is 1.17 bits per heavy atom. The smallest absolute Gasteiger partial charge is 0.197 e. The Morgan fingerprint density at radius 2 is 1.91 bits per heavy atom. The lowest BCUT2D eigenvalue weighted by Crippen LogP contribution is -2.47. The Hall–Kier alpha value is -2.40. The number of pyridine rings is 1. The Morgan fingerprint density at radius 3 is 2.52 bits per heavy atom. The Balaban J connectivity index is 2.36. The number of hydrogen-bond donors (Lipinski definition) is 0. The quantitative estimate of drug-likeness (QED) is 0.799. The summed E-state index contributed by atoms with van der Waals surface area (Å²) in [6.07, 6.45) is 4.57. The lowest BCUT2D eigenvalue weighted by atomic mass is 9.96. The highest BCUT2D eigenvalue weighted by Gasteiger charge is 2.39. The molecule has 1 aromatic heterocycles. The highest BCUT2D eigenvalue weighted by Crippen LogP contribution is 2.40. The number of benzene rings is 1. The lowest BCUT2D eigenvalue weighted by Gasteiger charge is -2.36. The number of fused-ring (bicyclic) bond motifs is 1. The second-order valence-corrected chi connectivity index (χ2v) is 5.51. The lowest BCUT2D eigenvalue weighted by molar-refractivity contribution is 0.103. The largest absolute Gasteiger partial charge is 0.289 e. The van der Waals surface area contributed by atoms with Gasteiger partial charge in [0.05, 0.1) is 29.9 Å². The molecule has 1 aliphatic rings. The molecule has 3 rings (SSSR count). The summed E-state index contributed by atoms with van der Waals surface area (Å²) in [7, 11) is 0. The summed E-state index contributed by atoms with van der Waals surface area (Å²) in [4.78, 5) is 16.2. The van der Waals surface area contributed by atoms with Gasteiger partial charge >= 0.3 is 0 Å². The van der Waals surface area contributed by atoms with Crippen molar-refractivity contribution >= 4 is 11.5 Å². The average Bonchev–Trinajstić information content (AvgIpc) is 2.57. The Kier molecular flexibility index (Phi) is 3.82. The van der Waals surface area contributed by atoms with Crippen LogP contribution in [0.25, 0.3) is 11.3 Å². The van der Waals surface area contributed by atoms with Crippen molar-refractivity contribution in [2.45, 2.75) is 13.8 Å². The van der Waals surface area contributed by atoms with Gasteiger partial charge in [0.2, 0.25) is 0 Å². The molecule has 23 heavy (non-hydrogen) atoms. The number of halogens is 2. The predicted octanol–water partition coefficient (Wildman–Crippen LogP) is 4.08. The Bertz CT molecular complexity index is 796. The van der Waals surface area contributed by atoms with Gasteiger partial charge in [-0.15, -0.1) is 0 Å². The van der Waals surface area contributed by atoms with E-state index in [1.807, 2.05) is 13.8 Å². The first-order valence-electron chi connectivity index (χ1n) is 7.58. The number of carbonyl (C=O) groups is 1. The van der Waals surface area contributed by atoms with Crippen molar-refractivity contribution in [1.82, 2.24) is 9.47 Å². The maximum atomic E-state index is 15.3. The molecule has 2 heterocycles. The SMILES string of the molecule is CC[N+]1(CC)C=CC(=O)c2cc(F)c(-c3ccccn3)c(F)c21. The molecule has 0 radical (unpaired) electrons. The first-order chi connectivity index (χ1) is 11.0. The number of quaternary nitrogens is 1. The summed E-state index contributed by atoms with van der Waals surface area (Å²) in [6, 6.07) is 6.05. The van der Waals surface area contributed by atoms with E-state index >= 15 is 4.39 Å². The van der Waals surface area contributed by atoms with Crippen molar-refractivity contribution in [3.8, 4) is 11.3 Å². The molecular weight excluding hydrogens is 298 g/mol. The average molecular weight is 315 g/mol. The van der Waals surface area contributed by atoms with Crippen molar-refractivity contribution in [2.75, 3.05) is 13.1 Å². The summed E-state index contributed by atoms with van der Waals surface area (Å²) < 4.78 is 29.9. The molecule has 0 unspecified atom stereocenters. The molecule has 0 aliphatic carbocycles. The zero-order valence-corrected chi connectivity index (χ0v) is 13.0. The fraction of sp³-hybridized carbons (Fsp3) is 0.222. The second kappa shape index (κ2) is 5.66. The standard InChI is InChI=1S/C18H17F2N2O/c1-3-22(4-2)10-8-15(23)12-11-13(19)16(17(20)18(12)22)14-7-5-6-9-21-14/h5-11H,3-4H2,1-2H3/q+1. The molecule has 0 N–H and O–H groups in total. The van der Waals surface area contributed by atoms with E-state index < -0.39 is 11.6 Å². The minimum Gasteiger partial charge on any atom is -0.289 e. The Labute approximate surface area is 133 Å². The van der Waals surface area contributed by atoms with Gasteiger partial charge in [-0.05, 0) is 32.0 Å². The van der Waals surface area contributed by atoms with Gasteiger partial charge < -0.3 is 0 Å². The molecule has 3 nitrogen and oxygen atoms in total. The van der Waals surface area contributed by atoms with Crippen LogP contribution in [0.4, 0.5) is 14.5 Å². The van der Waals surface area contributed by atoms with E-state index in [1.165, 1.54) is 12.3 Å². The van der Waals surface area contributed by atoms with E-state index in [4.69, 9.17) is 0 Å². The van der Waals surface area contributed by atoms with Crippen LogP contribution in [-0.2, 0) is 0 Å². The van der Waals surface area contributed by atoms with Crippen molar-refractivity contribution in [1.29, 1.82) is 0 Å². The van der Waals surface area contributed by atoms with Gasteiger partial charge in [-0.25, -0.2) is 4.39 Å². The van der Waals surface area contributed by atoms with Crippen LogP contribution in [0, 0.1) is 11.6 Å². The number of allylic oxidation sites excluding steroid dienone is 1. The fourth-order valence-electron chi connectivity index (χ4n) is 3.10. The summed E-state index contributed by atoms with van der Waals surface area (Å²) in [6.45, 7) is 4.96. The molecule has 0 atom stereocenters. The highest BCUT2D eigenvalue weighted by atomic mass is 19.1. The van der Waals surface area contributed by atoms with Crippen LogP contribution >= 0.6 is 0 Å². The summed E-state index contributed by atoms with van der Waals surface area (Å²) in [5, 5.41) is 0. The van der Waals surface area contributed by atoms with Gasteiger partial charge in [0, 0.05) is 12.3 Å². The van der Waals surface area contributed by atoms with Crippen LogP contribution in [0.5, 0.6) is 0 Å². The third-order valence-electron chi connectivity index (χ3n) is 4.46. The molecule has 1 aliphatic heterocycles. The van der Waals surface area contributed by atoms with E-state index in [1.54, 1.807) is 24.4 Å². The molecule has 0 bridgehead atoms. The zero-order chi connectivity index (χ0) is 16.6. The number of aromatic nitrogens is 1. The monoisotopic (exact) mass is 315 g/mol. The topological polar surface area (TPSA) is 30.0 Å². The molecule has 0 fully saturated rings. The van der Waals surface area contributed by atoms with Gasteiger partial charge in [0.1, 0.15) is 12.0 Å². The molecule has 2 aromatic rings. The van der Waals surface area contributed by atoms with E-state index in [2.05, 4.69) is 4.98 Å². The van der Waals surface area contributed by atoms with Gasteiger partial charge in [0.25, 0.3) is 0 Å². The normalized spacial score (nSPS) is 15.6. The zero-order valence-electron chi connectivity index (χ0n) is 13.0. The van der Waals surface area contributed by atoms with Gasteiger partial charge in [0.15, 0.2) is 17.3 Å². The van der Waals surface area contributed by atoms with Crippen LogP contribution in [0.2, 0.25) is 0 Å². The van der Waals surface area contributed by atoms with Crippen molar-refractivity contribution in [2.24, 2.45) is 0 Å². The van der Waals surface area contributed by atoms with Gasteiger partial charge in [-0.3, -0.25) is 14.3 Å². The van der Waals surface area contributed by atoms with Crippen molar-refractivity contribution in [3.63, 3.8) is 0 Å². The van der Waals surface area contributed by atoms with Crippen molar-refractivity contribution < 1.29 is 13.6 Å². The molecule has 0 spiro atoms. The van der Waals surface area contributed by atoms with Crippen LogP contribution in [0.3, 0.4) is 0 Å². The third-order valence-corrected chi connectivity index (χ3v) is 4.46. The van der Waals surface area contributed by atoms with Crippen LogP contribution in [0.1, 0.15) is 24.2 Å². The van der Waals surface area contributed by atoms with Crippen LogP contribution in [-0.4, -0.2) is 23.9 Å². The first-order valence-corrected chi connectivity index (χ1v) is 7.58. The molecule has 0 saturated heterocycles. The van der Waals surface area contributed by atoms with Crippen LogP contribution in [0.15, 0.2) is 42.7 Å². The van der Waals surface area contributed by atoms with Gasteiger partial charge in [-0.2, -0.15) is 4.39 Å². The maximum absolute atomic E-state index is 15.3. The number of rotatable bonds is 3. The van der Waals surface area contributed by atoms with E-state index in [9.17, 15) is 9.18 Å². The second-order valence-electron chi connectivity index (χ2n) is 5.51. The molecular formula is C18H17F2N2O+. The highest BCUT2D eigenvalue weighted by molar-refractivity contribution is 6.10. The molecule has 0 saturated carbocycles. The molecule has 5 heteroatoms. The maximum Gasteiger partial charge on any atom is 0.197 e.